The van der Waals surface area contributed by atoms with Crippen LogP contribution in [0.3, 0.4) is 0 Å². The molecule has 0 bridgehead atoms. The van der Waals surface area contributed by atoms with Gasteiger partial charge < -0.3 is 14.8 Å². The summed E-state index contributed by atoms with van der Waals surface area (Å²) in [6.07, 6.45) is 4.97. The molecule has 2 N–H and O–H groups in total. The maximum atomic E-state index is 11.8. The number of rotatable bonds is 6. The van der Waals surface area contributed by atoms with Crippen LogP contribution in [-0.4, -0.2) is 29.3 Å². The summed E-state index contributed by atoms with van der Waals surface area (Å²) in [7, 11) is -3.38. The highest BCUT2D eigenvalue weighted by molar-refractivity contribution is 7.92. The summed E-state index contributed by atoms with van der Waals surface area (Å²) in [6, 6.07) is 25.4. The van der Waals surface area contributed by atoms with Gasteiger partial charge in [-0.25, -0.2) is 8.42 Å². The third-order valence-electron chi connectivity index (χ3n) is 6.00. The lowest BCUT2D eigenvalue weighted by molar-refractivity contribution is 0.549. The van der Waals surface area contributed by atoms with Crippen LogP contribution >= 0.6 is 12.2 Å². The fourth-order valence-electron chi connectivity index (χ4n) is 4.50. The van der Waals surface area contributed by atoms with Crippen molar-refractivity contribution in [2.24, 2.45) is 0 Å². The number of hydrogen-bond acceptors (Lipinski definition) is 4. The molecule has 0 amide bonds. The van der Waals surface area contributed by atoms with Crippen LogP contribution in [0.4, 0.5) is 11.4 Å². The predicted octanol–water partition coefficient (Wildman–Crippen LogP) is 4.73. The van der Waals surface area contributed by atoms with Gasteiger partial charge in [-0.05, 0) is 79.3 Å². The molecule has 35 heavy (non-hydrogen) atoms. The van der Waals surface area contributed by atoms with Crippen molar-refractivity contribution in [2.45, 2.75) is 19.0 Å². The Morgan fingerprint density at radius 2 is 1.74 bits per heavy atom. The number of nitrogens with one attached hydrogen (secondary N) is 2. The summed E-state index contributed by atoms with van der Waals surface area (Å²) >= 11 is 5.84. The summed E-state index contributed by atoms with van der Waals surface area (Å²) in [6.45, 7) is 1.88. The quantitative estimate of drug-likeness (QED) is 0.371. The van der Waals surface area contributed by atoms with Gasteiger partial charge in [0, 0.05) is 29.5 Å². The SMILES string of the molecule is Cc1cc(N2C(=S)N[C@H](c3ccccn3)[C@@H]2c2cccn2-c2ccccc2)ccc1NS(C)(=O)=O. The number of anilines is 2. The molecule has 1 fully saturated rings. The molecule has 1 aliphatic heterocycles. The third kappa shape index (κ3) is 4.65. The Bertz CT molecular complexity index is 1470. The maximum absolute atomic E-state index is 11.8. The van der Waals surface area contributed by atoms with Gasteiger partial charge in [-0.2, -0.15) is 0 Å². The number of nitrogens with zero attached hydrogens (tertiary/aromatic N) is 3. The molecular formula is C26H25N5O2S2. The summed E-state index contributed by atoms with van der Waals surface area (Å²) in [5.41, 5.74) is 5.19. The lowest BCUT2D eigenvalue weighted by Gasteiger charge is -2.29. The number of aromatic nitrogens is 2. The Kier molecular flexibility index (Phi) is 6.04. The average Bonchev–Trinajstić information content (AvgIpc) is 3.45. The van der Waals surface area contributed by atoms with Gasteiger partial charge in [0.1, 0.15) is 6.04 Å². The van der Waals surface area contributed by atoms with Crippen LogP contribution in [0.25, 0.3) is 5.69 Å². The van der Waals surface area contributed by atoms with E-state index in [0.717, 1.165) is 34.6 Å². The van der Waals surface area contributed by atoms with Crippen molar-refractivity contribution in [1.29, 1.82) is 0 Å². The summed E-state index contributed by atoms with van der Waals surface area (Å²) < 4.78 is 28.3. The molecule has 0 spiro atoms. The molecular weight excluding hydrogens is 478 g/mol. The summed E-state index contributed by atoms with van der Waals surface area (Å²) in [5.74, 6) is 0. The van der Waals surface area contributed by atoms with Crippen LogP contribution in [0.15, 0.2) is 91.3 Å². The molecule has 5 rings (SSSR count). The van der Waals surface area contributed by atoms with Crippen molar-refractivity contribution in [1.82, 2.24) is 14.9 Å². The Morgan fingerprint density at radius 1 is 0.971 bits per heavy atom. The first-order valence-corrected chi connectivity index (χ1v) is 13.4. The van der Waals surface area contributed by atoms with Gasteiger partial charge >= 0.3 is 0 Å². The normalized spacial score (nSPS) is 17.9. The minimum atomic E-state index is -3.38. The van der Waals surface area contributed by atoms with Crippen LogP contribution in [0.2, 0.25) is 0 Å². The number of aryl methyl sites for hydroxylation is 1. The van der Waals surface area contributed by atoms with Crippen molar-refractivity contribution in [3.63, 3.8) is 0 Å². The highest BCUT2D eigenvalue weighted by Gasteiger charge is 2.42. The second-order valence-electron chi connectivity index (χ2n) is 8.51. The third-order valence-corrected chi connectivity index (χ3v) is 6.90. The zero-order valence-corrected chi connectivity index (χ0v) is 20.9. The Labute approximate surface area is 210 Å². The number of hydrogen-bond donors (Lipinski definition) is 2. The van der Waals surface area contributed by atoms with Crippen LogP contribution in [0, 0.1) is 6.92 Å². The van der Waals surface area contributed by atoms with E-state index in [-0.39, 0.29) is 12.1 Å². The fourth-order valence-corrected chi connectivity index (χ4v) is 5.48. The molecule has 0 radical (unpaired) electrons. The molecule has 178 valence electrons. The highest BCUT2D eigenvalue weighted by atomic mass is 32.2. The monoisotopic (exact) mass is 503 g/mol. The Morgan fingerprint density at radius 3 is 2.43 bits per heavy atom. The number of benzene rings is 2. The smallest absolute Gasteiger partial charge is 0.229 e. The average molecular weight is 504 g/mol. The molecule has 9 heteroatoms. The highest BCUT2D eigenvalue weighted by Crippen LogP contribution is 2.42. The minimum absolute atomic E-state index is 0.185. The number of para-hydroxylation sites is 1. The van der Waals surface area contributed by atoms with Gasteiger partial charge in [0.2, 0.25) is 10.0 Å². The minimum Gasteiger partial charge on any atom is -0.351 e. The molecule has 0 unspecified atom stereocenters. The van der Waals surface area contributed by atoms with Crippen LogP contribution in [-0.2, 0) is 10.0 Å². The van der Waals surface area contributed by atoms with Gasteiger partial charge in [0.15, 0.2) is 5.11 Å². The van der Waals surface area contributed by atoms with Gasteiger partial charge in [-0.15, -0.1) is 0 Å². The molecule has 1 saturated heterocycles. The van der Waals surface area contributed by atoms with Crippen LogP contribution in [0.1, 0.15) is 29.0 Å². The molecule has 4 aromatic rings. The standard InChI is InChI=1S/C26H25N5O2S2/c1-18-17-20(13-14-21(18)29-35(2,32)33)31-25(24(28-26(31)34)22-11-6-7-15-27-22)23-12-8-16-30(23)19-9-4-3-5-10-19/h3-17,24-25,29H,1-2H3,(H,28,34)/t24-,25+/m1/s1. The second-order valence-corrected chi connectivity index (χ2v) is 10.6. The van der Waals surface area contributed by atoms with E-state index in [1.807, 2.05) is 67.7 Å². The van der Waals surface area contributed by atoms with Crippen molar-refractivity contribution < 1.29 is 8.42 Å². The van der Waals surface area contributed by atoms with Gasteiger partial charge in [-0.3, -0.25) is 9.71 Å². The van der Waals surface area contributed by atoms with E-state index < -0.39 is 10.0 Å². The molecule has 0 saturated carbocycles. The molecule has 2 aromatic heterocycles. The van der Waals surface area contributed by atoms with Crippen molar-refractivity contribution >= 4 is 38.7 Å². The van der Waals surface area contributed by atoms with Crippen molar-refractivity contribution in [3.05, 3.63) is 108 Å². The second kappa shape index (κ2) is 9.16. The van der Waals surface area contributed by atoms with Gasteiger partial charge in [-0.1, -0.05) is 24.3 Å². The summed E-state index contributed by atoms with van der Waals surface area (Å²) in [5, 5.41) is 4.06. The molecule has 3 heterocycles. The number of pyridine rings is 1. The van der Waals surface area contributed by atoms with Crippen LogP contribution < -0.4 is 14.9 Å². The largest absolute Gasteiger partial charge is 0.351 e. The van der Waals surface area contributed by atoms with Gasteiger partial charge in [0.25, 0.3) is 0 Å². The first kappa shape index (κ1) is 23.1. The lowest BCUT2D eigenvalue weighted by Crippen LogP contribution is -2.30. The maximum Gasteiger partial charge on any atom is 0.229 e. The molecule has 2 aromatic carbocycles. The molecule has 2 atom stereocenters. The number of sulfonamides is 1. The topological polar surface area (TPSA) is 79.3 Å². The zero-order chi connectivity index (χ0) is 24.6. The van der Waals surface area contributed by atoms with Crippen molar-refractivity contribution in [3.8, 4) is 5.69 Å². The molecule has 7 nitrogen and oxygen atoms in total. The van der Waals surface area contributed by atoms with Crippen molar-refractivity contribution in [2.75, 3.05) is 15.9 Å². The zero-order valence-electron chi connectivity index (χ0n) is 19.3. The van der Waals surface area contributed by atoms with E-state index in [1.165, 1.54) is 0 Å². The van der Waals surface area contributed by atoms with E-state index in [9.17, 15) is 8.42 Å². The van der Waals surface area contributed by atoms with E-state index in [2.05, 4.69) is 42.7 Å². The number of thiocarbonyl (C=S) groups is 1. The van der Waals surface area contributed by atoms with E-state index in [1.54, 1.807) is 12.3 Å². The van der Waals surface area contributed by atoms with E-state index >= 15 is 0 Å². The first-order valence-electron chi connectivity index (χ1n) is 11.1. The molecule has 1 aliphatic rings. The van der Waals surface area contributed by atoms with Crippen LogP contribution in [0.5, 0.6) is 0 Å². The molecule has 0 aliphatic carbocycles. The predicted molar refractivity (Wildman–Crippen MR) is 143 cm³/mol. The fraction of sp³-hybridized carbons (Fsp3) is 0.154. The lowest BCUT2D eigenvalue weighted by atomic mass is 10.0. The Hall–Kier alpha value is -3.69. The first-order chi connectivity index (χ1) is 16.8. The van der Waals surface area contributed by atoms with E-state index in [4.69, 9.17) is 12.2 Å². The Balaban J connectivity index is 1.63. The van der Waals surface area contributed by atoms with Gasteiger partial charge in [0.05, 0.1) is 23.7 Å². The summed E-state index contributed by atoms with van der Waals surface area (Å²) in [4.78, 5) is 6.71. The van der Waals surface area contributed by atoms with E-state index in [0.29, 0.717) is 10.8 Å².